The standard InChI is InChI=1S/C8H14F3NO/c1-5(12)7(8(9,10)11)13-6-3-2-4-6/h5-7H,2-4,12H2,1H3. The van der Waals surface area contributed by atoms with E-state index in [1.165, 1.54) is 6.92 Å². The SMILES string of the molecule is CC(N)C(OC1CCC1)C(F)(F)F. The molecule has 1 fully saturated rings. The van der Waals surface area contributed by atoms with Gasteiger partial charge in [-0.2, -0.15) is 13.2 Å². The van der Waals surface area contributed by atoms with Crippen LogP contribution in [0, 0.1) is 0 Å². The van der Waals surface area contributed by atoms with Crippen molar-refractivity contribution in [2.75, 3.05) is 0 Å². The number of hydrogen-bond donors (Lipinski definition) is 1. The normalized spacial score (nSPS) is 23.8. The van der Waals surface area contributed by atoms with Crippen LogP contribution in [0.3, 0.4) is 0 Å². The van der Waals surface area contributed by atoms with Gasteiger partial charge in [-0.3, -0.25) is 0 Å². The van der Waals surface area contributed by atoms with Crippen LogP contribution in [-0.2, 0) is 4.74 Å². The summed E-state index contributed by atoms with van der Waals surface area (Å²) in [6.45, 7) is 1.32. The van der Waals surface area contributed by atoms with Crippen molar-refractivity contribution >= 4 is 0 Å². The Labute approximate surface area is 75.2 Å². The van der Waals surface area contributed by atoms with Crippen LogP contribution in [0.4, 0.5) is 13.2 Å². The van der Waals surface area contributed by atoms with E-state index in [0.29, 0.717) is 0 Å². The van der Waals surface area contributed by atoms with Gasteiger partial charge in [0.25, 0.3) is 0 Å². The molecule has 0 aliphatic heterocycles. The smallest absolute Gasteiger partial charge is 0.364 e. The fourth-order valence-corrected chi connectivity index (χ4v) is 1.21. The van der Waals surface area contributed by atoms with E-state index >= 15 is 0 Å². The highest BCUT2D eigenvalue weighted by atomic mass is 19.4. The zero-order valence-electron chi connectivity index (χ0n) is 7.47. The van der Waals surface area contributed by atoms with E-state index in [2.05, 4.69) is 0 Å². The molecule has 1 aliphatic carbocycles. The lowest BCUT2D eigenvalue weighted by molar-refractivity contribution is -0.244. The van der Waals surface area contributed by atoms with Crippen molar-refractivity contribution in [3.63, 3.8) is 0 Å². The van der Waals surface area contributed by atoms with Gasteiger partial charge < -0.3 is 10.5 Å². The molecule has 0 radical (unpaired) electrons. The molecule has 0 amide bonds. The number of alkyl halides is 3. The van der Waals surface area contributed by atoms with Crippen LogP contribution in [0.1, 0.15) is 26.2 Å². The second-order valence-corrected chi connectivity index (χ2v) is 3.51. The molecule has 2 nitrogen and oxygen atoms in total. The third kappa shape index (κ3) is 2.84. The summed E-state index contributed by atoms with van der Waals surface area (Å²) >= 11 is 0. The highest BCUT2D eigenvalue weighted by Crippen LogP contribution is 2.31. The Morgan fingerprint density at radius 2 is 1.92 bits per heavy atom. The van der Waals surface area contributed by atoms with Crippen molar-refractivity contribution in [3.05, 3.63) is 0 Å². The summed E-state index contributed by atoms with van der Waals surface area (Å²) in [5.41, 5.74) is 5.20. The van der Waals surface area contributed by atoms with Gasteiger partial charge in [0.15, 0.2) is 6.10 Å². The zero-order valence-corrected chi connectivity index (χ0v) is 7.47. The molecule has 1 aliphatic rings. The van der Waals surface area contributed by atoms with E-state index < -0.39 is 18.3 Å². The average Bonchev–Trinajstić information content (AvgIpc) is 1.79. The van der Waals surface area contributed by atoms with E-state index in [0.717, 1.165) is 19.3 Å². The molecule has 78 valence electrons. The van der Waals surface area contributed by atoms with Crippen LogP contribution >= 0.6 is 0 Å². The summed E-state index contributed by atoms with van der Waals surface area (Å²) in [6, 6.07) is -0.999. The number of rotatable bonds is 3. The second kappa shape index (κ2) is 3.84. The Kier molecular flexibility index (Phi) is 3.18. The summed E-state index contributed by atoms with van der Waals surface area (Å²) in [5.74, 6) is 0. The Hall–Kier alpha value is -0.290. The maximum Gasteiger partial charge on any atom is 0.416 e. The fourth-order valence-electron chi connectivity index (χ4n) is 1.21. The van der Waals surface area contributed by atoms with E-state index in [1.54, 1.807) is 0 Å². The molecule has 13 heavy (non-hydrogen) atoms. The Morgan fingerprint density at radius 3 is 2.15 bits per heavy atom. The molecule has 0 bridgehead atoms. The topological polar surface area (TPSA) is 35.2 Å². The molecule has 0 aromatic rings. The molecule has 5 heteroatoms. The molecule has 2 N–H and O–H groups in total. The minimum atomic E-state index is -4.34. The second-order valence-electron chi connectivity index (χ2n) is 3.51. The summed E-state index contributed by atoms with van der Waals surface area (Å²) in [6.07, 6.45) is -3.99. The molecule has 1 rings (SSSR count). The van der Waals surface area contributed by atoms with Crippen LogP contribution < -0.4 is 5.73 Å². The Balaban J connectivity index is 2.46. The van der Waals surface area contributed by atoms with Crippen molar-refractivity contribution in [2.24, 2.45) is 5.73 Å². The van der Waals surface area contributed by atoms with Crippen molar-refractivity contribution < 1.29 is 17.9 Å². The van der Waals surface area contributed by atoms with E-state index in [4.69, 9.17) is 10.5 Å². The van der Waals surface area contributed by atoms with Crippen LogP contribution in [0.25, 0.3) is 0 Å². The molecule has 0 heterocycles. The van der Waals surface area contributed by atoms with Crippen molar-refractivity contribution in [2.45, 2.75) is 50.6 Å². The molecule has 2 atom stereocenters. The summed E-state index contributed by atoms with van der Waals surface area (Å²) in [5, 5.41) is 0. The maximum atomic E-state index is 12.3. The summed E-state index contributed by atoms with van der Waals surface area (Å²) in [4.78, 5) is 0. The molecular formula is C8H14F3NO. The van der Waals surface area contributed by atoms with Crippen LogP contribution in [0.2, 0.25) is 0 Å². The molecule has 0 saturated heterocycles. The highest BCUT2D eigenvalue weighted by Gasteiger charge is 2.44. The van der Waals surface area contributed by atoms with Gasteiger partial charge in [-0.1, -0.05) is 0 Å². The van der Waals surface area contributed by atoms with E-state index in [9.17, 15) is 13.2 Å². The fraction of sp³-hybridized carbons (Fsp3) is 1.00. The molecule has 0 spiro atoms. The maximum absolute atomic E-state index is 12.3. The lowest BCUT2D eigenvalue weighted by Gasteiger charge is -2.33. The first kappa shape index (κ1) is 10.8. The van der Waals surface area contributed by atoms with Gasteiger partial charge in [-0.25, -0.2) is 0 Å². The van der Waals surface area contributed by atoms with Gasteiger partial charge in [-0.15, -0.1) is 0 Å². The molecule has 0 aromatic heterocycles. The minimum absolute atomic E-state index is 0.238. The Bertz CT molecular complexity index is 165. The zero-order chi connectivity index (χ0) is 10.1. The molecular weight excluding hydrogens is 183 g/mol. The van der Waals surface area contributed by atoms with Gasteiger partial charge in [0, 0.05) is 6.04 Å². The van der Waals surface area contributed by atoms with E-state index in [-0.39, 0.29) is 6.10 Å². The Morgan fingerprint density at radius 1 is 1.38 bits per heavy atom. The summed E-state index contributed by atoms with van der Waals surface area (Å²) < 4.78 is 41.7. The van der Waals surface area contributed by atoms with Crippen LogP contribution in [0.5, 0.6) is 0 Å². The number of ether oxygens (including phenoxy) is 1. The third-order valence-electron chi connectivity index (χ3n) is 2.19. The first-order chi connectivity index (χ1) is 5.91. The number of nitrogens with two attached hydrogens (primary N) is 1. The average molecular weight is 197 g/mol. The van der Waals surface area contributed by atoms with Crippen LogP contribution in [0.15, 0.2) is 0 Å². The minimum Gasteiger partial charge on any atom is -0.364 e. The molecule has 1 saturated carbocycles. The molecule has 0 aromatic carbocycles. The number of halogens is 3. The van der Waals surface area contributed by atoms with Crippen molar-refractivity contribution in [3.8, 4) is 0 Å². The first-order valence-electron chi connectivity index (χ1n) is 4.39. The predicted octanol–water partition coefficient (Wildman–Crippen LogP) is 1.83. The van der Waals surface area contributed by atoms with Crippen molar-refractivity contribution in [1.29, 1.82) is 0 Å². The largest absolute Gasteiger partial charge is 0.416 e. The summed E-state index contributed by atoms with van der Waals surface area (Å²) in [7, 11) is 0. The van der Waals surface area contributed by atoms with Crippen LogP contribution in [-0.4, -0.2) is 24.4 Å². The lowest BCUT2D eigenvalue weighted by atomic mass is 9.95. The predicted molar refractivity (Wildman–Crippen MR) is 42.2 cm³/mol. The van der Waals surface area contributed by atoms with Crippen molar-refractivity contribution in [1.82, 2.24) is 0 Å². The van der Waals surface area contributed by atoms with Gasteiger partial charge >= 0.3 is 6.18 Å². The quantitative estimate of drug-likeness (QED) is 0.749. The molecule has 2 unspecified atom stereocenters. The first-order valence-corrected chi connectivity index (χ1v) is 4.39. The van der Waals surface area contributed by atoms with E-state index in [1.807, 2.05) is 0 Å². The van der Waals surface area contributed by atoms with Gasteiger partial charge in [0.2, 0.25) is 0 Å². The van der Waals surface area contributed by atoms with Gasteiger partial charge in [0.05, 0.1) is 6.10 Å². The van der Waals surface area contributed by atoms with Gasteiger partial charge in [-0.05, 0) is 26.2 Å². The van der Waals surface area contributed by atoms with Gasteiger partial charge in [0.1, 0.15) is 0 Å². The highest BCUT2D eigenvalue weighted by molar-refractivity contribution is 4.80. The number of hydrogen-bond acceptors (Lipinski definition) is 2. The third-order valence-corrected chi connectivity index (χ3v) is 2.19. The lowest BCUT2D eigenvalue weighted by Crippen LogP contribution is -2.48. The monoisotopic (exact) mass is 197 g/mol.